The number of hydrogen-bond acceptors (Lipinski definition) is 8. The average Bonchev–Trinajstić information content (AvgIpc) is 2.82. The number of nitrogens with one attached hydrogen (secondary N) is 1. The minimum atomic E-state index is -1.03. The Morgan fingerprint density at radius 1 is 1.18 bits per heavy atom. The molecule has 1 aromatic carbocycles. The van der Waals surface area contributed by atoms with Crippen LogP contribution >= 0.6 is 0 Å². The number of pyridine rings is 2. The monoisotopic (exact) mass is 475 g/mol. The maximum Gasteiger partial charge on any atom is 0.305 e. The first-order chi connectivity index (χ1) is 16.3. The number of hydrogen-bond donors (Lipinski definition) is 3. The highest BCUT2D eigenvalue weighted by atomic mass is 19.1. The van der Waals surface area contributed by atoms with Crippen LogP contribution in [0.15, 0.2) is 35.3 Å². The van der Waals surface area contributed by atoms with E-state index in [1.54, 1.807) is 6.07 Å². The number of halogens is 2. The first-order valence-electron chi connectivity index (χ1n) is 10.4. The lowest BCUT2D eigenvalue weighted by molar-refractivity contribution is -0.140. The minimum Gasteiger partial charge on any atom is -0.469 e. The van der Waals surface area contributed by atoms with Crippen LogP contribution in [-0.2, 0) is 22.4 Å². The van der Waals surface area contributed by atoms with Crippen LogP contribution in [0.3, 0.4) is 0 Å². The summed E-state index contributed by atoms with van der Waals surface area (Å²) in [5, 5.41) is 22.7. The van der Waals surface area contributed by atoms with Crippen molar-refractivity contribution in [2.75, 3.05) is 25.6 Å². The quantitative estimate of drug-likeness (QED) is 0.231. The molecule has 0 aliphatic carbocycles. The van der Waals surface area contributed by atoms with Crippen molar-refractivity contribution in [3.05, 3.63) is 69.1 Å². The van der Waals surface area contributed by atoms with Gasteiger partial charge >= 0.3 is 5.97 Å². The second-order valence-electron chi connectivity index (χ2n) is 7.47. The number of anilines is 1. The Bertz CT molecular complexity index is 1290. The Balaban J connectivity index is 2.03. The second-order valence-corrected chi connectivity index (χ2v) is 7.47. The van der Waals surface area contributed by atoms with Gasteiger partial charge in [-0.15, -0.1) is 4.73 Å². The number of esters is 1. The van der Waals surface area contributed by atoms with Gasteiger partial charge in [0, 0.05) is 37.0 Å². The van der Waals surface area contributed by atoms with Crippen molar-refractivity contribution in [1.82, 2.24) is 9.71 Å². The number of aliphatic hydroxyl groups is 1. The van der Waals surface area contributed by atoms with E-state index in [2.05, 4.69) is 15.0 Å². The number of methoxy groups -OCH3 is 1. The van der Waals surface area contributed by atoms with Gasteiger partial charge in [-0.3, -0.25) is 14.4 Å². The van der Waals surface area contributed by atoms with Crippen molar-refractivity contribution in [2.45, 2.75) is 25.7 Å². The molecule has 0 amide bonds. The van der Waals surface area contributed by atoms with Crippen LogP contribution in [-0.4, -0.2) is 52.0 Å². The summed E-state index contributed by atoms with van der Waals surface area (Å²) in [6.45, 7) is -0.323. The fourth-order valence-corrected chi connectivity index (χ4v) is 3.50. The summed E-state index contributed by atoms with van der Waals surface area (Å²) in [6.07, 6.45) is 1.30. The number of fused-ring (bicyclic) bond motifs is 1. The van der Waals surface area contributed by atoms with Gasteiger partial charge in [0.05, 0.1) is 19.4 Å². The molecule has 2 aromatic heterocycles. The third-order valence-electron chi connectivity index (χ3n) is 5.22. The lowest BCUT2D eigenvalue weighted by Gasteiger charge is -2.16. The van der Waals surface area contributed by atoms with E-state index >= 15 is 0 Å². The molecule has 0 bridgehead atoms. The number of ether oxygens (including phenoxy) is 1. The first kappa shape index (κ1) is 24.8. The molecule has 9 nitrogen and oxygen atoms in total. The van der Waals surface area contributed by atoms with Crippen molar-refractivity contribution in [3.63, 3.8) is 0 Å². The molecular weight excluding hydrogens is 452 g/mol. The fourth-order valence-electron chi connectivity index (χ4n) is 3.50. The van der Waals surface area contributed by atoms with E-state index < -0.39 is 34.5 Å². The van der Waals surface area contributed by atoms with E-state index in [-0.39, 0.29) is 65.8 Å². The Labute approximate surface area is 192 Å². The molecule has 0 saturated heterocycles. The highest BCUT2D eigenvalue weighted by Gasteiger charge is 2.23. The van der Waals surface area contributed by atoms with Gasteiger partial charge in [0.2, 0.25) is 0 Å². The number of carbonyl (C=O) groups excluding carboxylic acids is 2. The minimum absolute atomic E-state index is 0.0107. The zero-order valence-corrected chi connectivity index (χ0v) is 18.3. The molecule has 0 aliphatic heterocycles. The molecule has 3 rings (SSSR count). The number of carbonyl (C=O) groups is 2. The summed E-state index contributed by atoms with van der Waals surface area (Å²) < 4.78 is 32.0. The molecule has 0 spiro atoms. The summed E-state index contributed by atoms with van der Waals surface area (Å²) in [5.74, 6) is -2.70. The largest absolute Gasteiger partial charge is 0.469 e. The average molecular weight is 475 g/mol. The molecular formula is C23H23F2N3O6. The highest BCUT2D eigenvalue weighted by Crippen LogP contribution is 2.26. The van der Waals surface area contributed by atoms with Gasteiger partial charge in [0.1, 0.15) is 17.2 Å². The molecule has 180 valence electrons. The van der Waals surface area contributed by atoms with Gasteiger partial charge in [-0.1, -0.05) is 6.07 Å². The van der Waals surface area contributed by atoms with Crippen LogP contribution in [0.5, 0.6) is 0 Å². The van der Waals surface area contributed by atoms with Crippen molar-refractivity contribution < 1.29 is 33.4 Å². The van der Waals surface area contributed by atoms with E-state index in [9.17, 15) is 33.5 Å². The van der Waals surface area contributed by atoms with Gasteiger partial charge in [-0.05, 0) is 36.1 Å². The SMILES string of the molecule is COC(=O)CCc1cnc2c(c1)c(NCCO)c(C(=O)CCc1ccc(F)cc1F)c(=O)n2O. The Morgan fingerprint density at radius 2 is 1.94 bits per heavy atom. The Hall–Kier alpha value is -3.86. The standard InChI is InChI=1S/C23H23F2N3O6/c1-34-19(31)7-2-13-10-16-21(26-8-9-29)20(23(32)28(33)22(16)27-12-13)18(30)6-4-14-3-5-15(24)11-17(14)25/h3,5,10-12,26,29,33H,2,4,6-9H2,1H3. The zero-order valence-electron chi connectivity index (χ0n) is 18.3. The molecule has 0 radical (unpaired) electrons. The van der Waals surface area contributed by atoms with Crippen LogP contribution in [0.1, 0.15) is 34.3 Å². The Kier molecular flexibility index (Phi) is 7.90. The maximum atomic E-state index is 14.0. The predicted octanol–water partition coefficient (Wildman–Crippen LogP) is 2.24. The van der Waals surface area contributed by atoms with Crippen molar-refractivity contribution in [2.24, 2.45) is 0 Å². The fraction of sp³-hybridized carbons (Fsp3) is 0.304. The van der Waals surface area contributed by atoms with Crippen molar-refractivity contribution >= 4 is 28.5 Å². The summed E-state index contributed by atoms with van der Waals surface area (Å²) in [4.78, 5) is 41.4. The second kappa shape index (κ2) is 10.8. The molecule has 3 N–H and O–H groups in total. The third kappa shape index (κ3) is 5.37. The van der Waals surface area contributed by atoms with E-state index in [1.165, 1.54) is 19.4 Å². The zero-order chi connectivity index (χ0) is 24.8. The van der Waals surface area contributed by atoms with Crippen LogP contribution in [0.2, 0.25) is 0 Å². The summed E-state index contributed by atoms with van der Waals surface area (Å²) in [6, 6.07) is 4.54. The number of ketones is 1. The maximum absolute atomic E-state index is 14.0. The van der Waals surface area contributed by atoms with E-state index in [1.807, 2.05) is 0 Å². The number of Topliss-reactive ketones (excluding diaryl/α,β-unsaturated/α-hetero) is 1. The lowest BCUT2D eigenvalue weighted by Crippen LogP contribution is -2.29. The Morgan fingerprint density at radius 3 is 2.62 bits per heavy atom. The number of aryl methyl sites for hydroxylation is 2. The smallest absolute Gasteiger partial charge is 0.305 e. The number of rotatable bonds is 10. The third-order valence-corrected chi connectivity index (χ3v) is 5.22. The van der Waals surface area contributed by atoms with Gasteiger partial charge < -0.3 is 20.4 Å². The summed E-state index contributed by atoms with van der Waals surface area (Å²) in [7, 11) is 1.26. The molecule has 11 heteroatoms. The van der Waals surface area contributed by atoms with Crippen LogP contribution in [0.25, 0.3) is 11.0 Å². The molecule has 3 aromatic rings. The van der Waals surface area contributed by atoms with E-state index in [0.717, 1.165) is 6.07 Å². The van der Waals surface area contributed by atoms with Crippen LogP contribution in [0, 0.1) is 11.6 Å². The summed E-state index contributed by atoms with van der Waals surface area (Å²) >= 11 is 0. The molecule has 34 heavy (non-hydrogen) atoms. The predicted molar refractivity (Wildman–Crippen MR) is 118 cm³/mol. The van der Waals surface area contributed by atoms with Crippen molar-refractivity contribution in [1.29, 1.82) is 0 Å². The molecule has 0 saturated carbocycles. The van der Waals surface area contributed by atoms with Gasteiger partial charge in [-0.2, -0.15) is 0 Å². The highest BCUT2D eigenvalue weighted by molar-refractivity contribution is 6.07. The molecule has 0 atom stereocenters. The van der Waals surface area contributed by atoms with Crippen LogP contribution in [0.4, 0.5) is 14.5 Å². The number of nitrogens with zero attached hydrogens (tertiary/aromatic N) is 2. The van der Waals surface area contributed by atoms with E-state index in [4.69, 9.17) is 0 Å². The number of aliphatic hydroxyl groups excluding tert-OH is 1. The van der Waals surface area contributed by atoms with Crippen LogP contribution < -0.4 is 10.9 Å². The van der Waals surface area contributed by atoms with Gasteiger partial charge in [0.15, 0.2) is 11.4 Å². The molecule has 0 aliphatic rings. The van der Waals surface area contributed by atoms with Gasteiger partial charge in [-0.25, -0.2) is 13.8 Å². The molecule has 0 fully saturated rings. The number of aromatic nitrogens is 2. The topological polar surface area (TPSA) is 131 Å². The molecule has 2 heterocycles. The molecule has 0 unspecified atom stereocenters. The van der Waals surface area contributed by atoms with Crippen molar-refractivity contribution in [3.8, 4) is 0 Å². The number of benzene rings is 1. The first-order valence-corrected chi connectivity index (χ1v) is 10.4. The van der Waals surface area contributed by atoms with Gasteiger partial charge in [0.25, 0.3) is 5.56 Å². The van der Waals surface area contributed by atoms with E-state index in [0.29, 0.717) is 11.6 Å². The lowest BCUT2D eigenvalue weighted by atomic mass is 10.00. The summed E-state index contributed by atoms with van der Waals surface area (Å²) in [5.41, 5.74) is -0.832. The normalized spacial score (nSPS) is 10.9.